The first-order chi connectivity index (χ1) is 6.83. The molecule has 0 aliphatic rings. The molecule has 1 aromatic heterocycles. The number of methoxy groups -OCH3 is 1. The van der Waals surface area contributed by atoms with Gasteiger partial charge in [0.25, 0.3) is 0 Å². The van der Waals surface area contributed by atoms with Gasteiger partial charge in [-0.3, -0.25) is 11.3 Å². The van der Waals surface area contributed by atoms with E-state index in [1.807, 2.05) is 0 Å². The summed E-state index contributed by atoms with van der Waals surface area (Å²) in [5.41, 5.74) is 4.03. The van der Waals surface area contributed by atoms with Gasteiger partial charge >= 0.3 is 0 Å². The Hall–Kier alpha value is -0.420. The summed E-state index contributed by atoms with van der Waals surface area (Å²) in [6, 6.07) is 2.18. The zero-order valence-electron chi connectivity index (χ0n) is 8.69. The van der Waals surface area contributed by atoms with Crippen molar-refractivity contribution in [3.05, 3.63) is 22.4 Å². The molecule has 0 bridgehead atoms. The standard InChI is InChI=1S/C10H18N2OS/c1-3-4-9(13-2)10(12-11)8-5-6-14-7-8/h5-7,9-10,12H,3-4,11H2,1-2H3. The Labute approximate surface area is 89.2 Å². The molecule has 0 saturated heterocycles. The van der Waals surface area contributed by atoms with Gasteiger partial charge in [-0.05, 0) is 28.8 Å². The van der Waals surface area contributed by atoms with E-state index in [4.69, 9.17) is 10.6 Å². The minimum Gasteiger partial charge on any atom is -0.379 e. The molecule has 0 aliphatic heterocycles. The number of hydrogen-bond acceptors (Lipinski definition) is 4. The van der Waals surface area contributed by atoms with E-state index in [1.54, 1.807) is 18.4 Å². The van der Waals surface area contributed by atoms with Crippen LogP contribution in [0, 0.1) is 0 Å². The highest BCUT2D eigenvalue weighted by Gasteiger charge is 2.21. The van der Waals surface area contributed by atoms with Gasteiger partial charge in [0.05, 0.1) is 12.1 Å². The lowest BCUT2D eigenvalue weighted by atomic mass is 10.0. The van der Waals surface area contributed by atoms with Gasteiger partial charge in [-0.25, -0.2) is 0 Å². The van der Waals surface area contributed by atoms with Crippen molar-refractivity contribution >= 4 is 11.3 Å². The van der Waals surface area contributed by atoms with Crippen LogP contribution in [0.2, 0.25) is 0 Å². The molecule has 0 radical (unpaired) electrons. The number of nitrogens with one attached hydrogen (secondary N) is 1. The van der Waals surface area contributed by atoms with Gasteiger partial charge < -0.3 is 4.74 Å². The van der Waals surface area contributed by atoms with E-state index in [1.165, 1.54) is 5.56 Å². The fraction of sp³-hybridized carbons (Fsp3) is 0.600. The molecule has 1 aromatic rings. The quantitative estimate of drug-likeness (QED) is 0.563. The van der Waals surface area contributed by atoms with Gasteiger partial charge in [-0.1, -0.05) is 13.3 Å². The summed E-state index contributed by atoms with van der Waals surface area (Å²) in [6.07, 6.45) is 2.27. The fourth-order valence-corrected chi connectivity index (χ4v) is 2.27. The van der Waals surface area contributed by atoms with Crippen LogP contribution in [0.3, 0.4) is 0 Å². The summed E-state index contributed by atoms with van der Waals surface area (Å²) in [5, 5.41) is 4.16. The van der Waals surface area contributed by atoms with Crippen LogP contribution in [0.4, 0.5) is 0 Å². The van der Waals surface area contributed by atoms with Crippen LogP contribution >= 0.6 is 11.3 Å². The first-order valence-corrected chi connectivity index (χ1v) is 5.78. The largest absolute Gasteiger partial charge is 0.379 e. The van der Waals surface area contributed by atoms with Crippen molar-refractivity contribution in [2.24, 2.45) is 5.84 Å². The van der Waals surface area contributed by atoms with E-state index >= 15 is 0 Å². The topological polar surface area (TPSA) is 47.3 Å². The van der Waals surface area contributed by atoms with E-state index in [2.05, 4.69) is 29.2 Å². The molecule has 1 rings (SSSR count). The van der Waals surface area contributed by atoms with Crippen molar-refractivity contribution in [1.29, 1.82) is 0 Å². The van der Waals surface area contributed by atoms with Gasteiger partial charge in [0.2, 0.25) is 0 Å². The van der Waals surface area contributed by atoms with Gasteiger partial charge in [0.15, 0.2) is 0 Å². The molecule has 0 aromatic carbocycles. The Morgan fingerprint density at radius 2 is 2.43 bits per heavy atom. The number of hydrazine groups is 1. The van der Waals surface area contributed by atoms with E-state index in [9.17, 15) is 0 Å². The first kappa shape index (κ1) is 11.7. The Bertz CT molecular complexity index is 238. The van der Waals surface area contributed by atoms with Crippen molar-refractivity contribution in [3.8, 4) is 0 Å². The molecule has 4 heteroatoms. The third-order valence-corrected chi connectivity index (χ3v) is 3.03. The Morgan fingerprint density at radius 1 is 1.64 bits per heavy atom. The summed E-state index contributed by atoms with van der Waals surface area (Å²) >= 11 is 1.68. The predicted octanol–water partition coefficient (Wildman–Crippen LogP) is 2.07. The highest BCUT2D eigenvalue weighted by molar-refractivity contribution is 7.07. The Kier molecular flexibility index (Phi) is 5.11. The van der Waals surface area contributed by atoms with Crippen LogP contribution in [0.5, 0.6) is 0 Å². The molecular weight excluding hydrogens is 196 g/mol. The second-order valence-electron chi connectivity index (χ2n) is 3.26. The van der Waals surface area contributed by atoms with E-state index in [0.717, 1.165) is 12.8 Å². The molecule has 0 amide bonds. The van der Waals surface area contributed by atoms with Crippen molar-refractivity contribution in [3.63, 3.8) is 0 Å². The minimum absolute atomic E-state index is 0.103. The maximum absolute atomic E-state index is 5.55. The SMILES string of the molecule is CCCC(OC)C(NN)c1ccsc1. The maximum Gasteiger partial charge on any atom is 0.0779 e. The highest BCUT2D eigenvalue weighted by atomic mass is 32.1. The van der Waals surface area contributed by atoms with Crippen LogP contribution < -0.4 is 11.3 Å². The van der Waals surface area contributed by atoms with E-state index in [-0.39, 0.29) is 12.1 Å². The van der Waals surface area contributed by atoms with Gasteiger partial charge in [0.1, 0.15) is 0 Å². The lowest BCUT2D eigenvalue weighted by Gasteiger charge is -2.24. The van der Waals surface area contributed by atoms with Crippen LogP contribution in [0.25, 0.3) is 0 Å². The van der Waals surface area contributed by atoms with Gasteiger partial charge in [0, 0.05) is 7.11 Å². The number of ether oxygens (including phenoxy) is 1. The van der Waals surface area contributed by atoms with Crippen molar-refractivity contribution in [2.75, 3.05) is 7.11 Å². The van der Waals surface area contributed by atoms with Crippen molar-refractivity contribution < 1.29 is 4.74 Å². The molecule has 0 fully saturated rings. The third kappa shape index (κ3) is 2.78. The van der Waals surface area contributed by atoms with Crippen LogP contribution in [-0.4, -0.2) is 13.2 Å². The normalized spacial score (nSPS) is 15.4. The first-order valence-electron chi connectivity index (χ1n) is 4.84. The molecule has 2 unspecified atom stereocenters. The fourth-order valence-electron chi connectivity index (χ4n) is 1.58. The summed E-state index contributed by atoms with van der Waals surface area (Å²) < 4.78 is 5.43. The summed E-state index contributed by atoms with van der Waals surface area (Å²) in [7, 11) is 1.73. The predicted molar refractivity (Wildman–Crippen MR) is 60.1 cm³/mol. The number of thiophene rings is 1. The average molecular weight is 214 g/mol. The Balaban J connectivity index is 2.68. The van der Waals surface area contributed by atoms with E-state index in [0.29, 0.717) is 0 Å². The smallest absolute Gasteiger partial charge is 0.0779 e. The molecule has 3 N–H and O–H groups in total. The maximum atomic E-state index is 5.55. The van der Waals surface area contributed by atoms with Crippen molar-refractivity contribution in [1.82, 2.24) is 5.43 Å². The Morgan fingerprint density at radius 3 is 2.86 bits per heavy atom. The summed E-state index contributed by atoms with van der Waals surface area (Å²) in [4.78, 5) is 0. The lowest BCUT2D eigenvalue weighted by Crippen LogP contribution is -2.37. The molecule has 1 heterocycles. The van der Waals surface area contributed by atoms with Crippen LogP contribution in [0.15, 0.2) is 16.8 Å². The molecule has 2 atom stereocenters. The third-order valence-electron chi connectivity index (χ3n) is 2.33. The molecule has 0 aliphatic carbocycles. The molecule has 14 heavy (non-hydrogen) atoms. The highest BCUT2D eigenvalue weighted by Crippen LogP contribution is 2.23. The molecular formula is C10H18N2OS. The second-order valence-corrected chi connectivity index (χ2v) is 4.04. The zero-order valence-corrected chi connectivity index (χ0v) is 9.51. The minimum atomic E-state index is 0.103. The molecule has 80 valence electrons. The molecule has 0 spiro atoms. The number of rotatable bonds is 6. The zero-order chi connectivity index (χ0) is 10.4. The van der Waals surface area contributed by atoms with Gasteiger partial charge in [-0.2, -0.15) is 11.3 Å². The van der Waals surface area contributed by atoms with Crippen molar-refractivity contribution in [2.45, 2.75) is 31.9 Å². The second kappa shape index (κ2) is 6.14. The number of hydrogen-bond donors (Lipinski definition) is 2. The summed E-state index contributed by atoms with van der Waals surface area (Å²) in [5.74, 6) is 5.55. The van der Waals surface area contributed by atoms with Gasteiger partial charge in [-0.15, -0.1) is 0 Å². The lowest BCUT2D eigenvalue weighted by molar-refractivity contribution is 0.0607. The monoisotopic (exact) mass is 214 g/mol. The summed E-state index contributed by atoms with van der Waals surface area (Å²) in [6.45, 7) is 2.15. The van der Waals surface area contributed by atoms with Crippen LogP contribution in [-0.2, 0) is 4.74 Å². The van der Waals surface area contributed by atoms with E-state index < -0.39 is 0 Å². The molecule has 3 nitrogen and oxygen atoms in total. The molecule has 0 saturated carbocycles. The average Bonchev–Trinajstić information content (AvgIpc) is 2.71. The number of nitrogens with two attached hydrogens (primary N) is 1. The van der Waals surface area contributed by atoms with Crippen LogP contribution in [0.1, 0.15) is 31.4 Å².